The van der Waals surface area contributed by atoms with Gasteiger partial charge in [0.05, 0.1) is 34.4 Å². The molecule has 2 atom stereocenters. The van der Waals surface area contributed by atoms with E-state index in [1.54, 1.807) is 18.5 Å². The Kier molecular flexibility index (Phi) is 3.50. The van der Waals surface area contributed by atoms with Gasteiger partial charge in [-0.1, -0.05) is 6.07 Å². The lowest BCUT2D eigenvalue weighted by atomic mass is 10.0. The van der Waals surface area contributed by atoms with Gasteiger partial charge in [0.2, 0.25) is 10.0 Å². The Hall–Kier alpha value is -2.72. The number of aromatic amines is 1. The Morgan fingerprint density at radius 2 is 1.86 bits per heavy atom. The molecule has 2 aliphatic rings. The van der Waals surface area contributed by atoms with Crippen molar-refractivity contribution in [3.05, 3.63) is 76.9 Å². The lowest BCUT2D eigenvalue weighted by molar-refractivity contribution is -0.137. The molecule has 0 spiro atoms. The molecule has 5 rings (SSSR count). The summed E-state index contributed by atoms with van der Waals surface area (Å²) in [5, 5.41) is 6.93. The quantitative estimate of drug-likeness (QED) is 0.709. The third-order valence-electron chi connectivity index (χ3n) is 5.25. The zero-order valence-electron chi connectivity index (χ0n) is 14.2. The van der Waals surface area contributed by atoms with Crippen LogP contribution in [0.2, 0.25) is 0 Å². The normalized spacial score (nSPS) is 21.4. The Bertz CT molecular complexity index is 1170. The first kappa shape index (κ1) is 17.4. The van der Waals surface area contributed by atoms with Gasteiger partial charge in [0, 0.05) is 23.9 Å². The van der Waals surface area contributed by atoms with Gasteiger partial charge in [-0.3, -0.25) is 10.1 Å². The number of fused-ring (bicyclic) bond motifs is 7. The van der Waals surface area contributed by atoms with Crippen LogP contribution in [0.25, 0.3) is 0 Å². The highest BCUT2D eigenvalue weighted by Crippen LogP contribution is 2.52. The van der Waals surface area contributed by atoms with Gasteiger partial charge >= 0.3 is 6.18 Å². The lowest BCUT2D eigenvalue weighted by Gasteiger charge is -2.33. The van der Waals surface area contributed by atoms with E-state index < -0.39 is 33.8 Å². The highest BCUT2D eigenvalue weighted by atomic mass is 32.2. The van der Waals surface area contributed by atoms with Gasteiger partial charge in [-0.25, -0.2) is 8.42 Å². The van der Waals surface area contributed by atoms with Crippen molar-refractivity contribution in [1.82, 2.24) is 19.5 Å². The smallest absolute Gasteiger partial charge is 0.282 e. The molecule has 144 valence electrons. The van der Waals surface area contributed by atoms with E-state index in [0.717, 1.165) is 35.5 Å². The number of aromatic nitrogens is 3. The predicted molar refractivity (Wildman–Crippen MR) is 91.6 cm³/mol. The van der Waals surface area contributed by atoms with Crippen LogP contribution in [0.1, 0.15) is 40.2 Å². The van der Waals surface area contributed by atoms with Gasteiger partial charge in [-0.15, -0.1) is 0 Å². The van der Waals surface area contributed by atoms with Gasteiger partial charge in [0.25, 0.3) is 0 Å². The molecular weight excluding hydrogens is 393 g/mol. The maximum Gasteiger partial charge on any atom is 0.416 e. The summed E-state index contributed by atoms with van der Waals surface area (Å²) < 4.78 is 66.6. The summed E-state index contributed by atoms with van der Waals surface area (Å²) in [5.74, 6) is 0. The zero-order valence-corrected chi connectivity index (χ0v) is 15.0. The summed E-state index contributed by atoms with van der Waals surface area (Å²) in [5.41, 5.74) is 2.09. The Morgan fingerprint density at radius 3 is 2.57 bits per heavy atom. The topological polar surface area (TPSA) is 79.0 Å². The summed E-state index contributed by atoms with van der Waals surface area (Å²) in [7, 11) is -4.06. The standard InChI is InChI=1S/C18H13F3N4O2S/c19-18(20,21)10-3-5-11(6-4-10)28(26,27)25-15-8-14-13(9-23-24-14)17(25)16-12(15)2-1-7-22-16/h1-7,9,15,17H,8H2,(H,23,24). The van der Waals surface area contributed by atoms with Crippen molar-refractivity contribution >= 4 is 10.0 Å². The van der Waals surface area contributed by atoms with Crippen molar-refractivity contribution in [3.63, 3.8) is 0 Å². The molecule has 0 saturated heterocycles. The lowest BCUT2D eigenvalue weighted by Crippen LogP contribution is -2.37. The zero-order chi connectivity index (χ0) is 19.7. The second-order valence-electron chi connectivity index (χ2n) is 6.76. The van der Waals surface area contributed by atoms with E-state index in [4.69, 9.17) is 0 Å². The number of H-pyrrole nitrogens is 1. The Balaban J connectivity index is 1.63. The van der Waals surface area contributed by atoms with E-state index in [9.17, 15) is 21.6 Å². The van der Waals surface area contributed by atoms with Gasteiger partial charge in [0.15, 0.2) is 0 Å². The predicted octanol–water partition coefficient (Wildman–Crippen LogP) is 3.21. The molecule has 1 N–H and O–H groups in total. The number of sulfonamides is 1. The molecule has 0 amide bonds. The summed E-state index contributed by atoms with van der Waals surface area (Å²) >= 11 is 0. The van der Waals surface area contributed by atoms with Gasteiger partial charge in [-0.05, 0) is 35.9 Å². The molecule has 28 heavy (non-hydrogen) atoms. The number of hydrogen-bond acceptors (Lipinski definition) is 4. The van der Waals surface area contributed by atoms with Crippen LogP contribution in [0.5, 0.6) is 0 Å². The van der Waals surface area contributed by atoms with Crippen molar-refractivity contribution in [2.24, 2.45) is 0 Å². The van der Waals surface area contributed by atoms with E-state index in [0.29, 0.717) is 17.7 Å². The van der Waals surface area contributed by atoms with Crippen molar-refractivity contribution in [2.45, 2.75) is 29.6 Å². The fraction of sp³-hybridized carbons (Fsp3) is 0.222. The first-order valence-electron chi connectivity index (χ1n) is 8.46. The second kappa shape index (κ2) is 5.65. The van der Waals surface area contributed by atoms with E-state index in [2.05, 4.69) is 15.2 Å². The molecule has 0 saturated carbocycles. The van der Waals surface area contributed by atoms with Crippen molar-refractivity contribution < 1.29 is 21.6 Å². The number of nitrogens with one attached hydrogen (secondary N) is 1. The number of nitrogens with zero attached hydrogens (tertiary/aromatic N) is 3. The summed E-state index contributed by atoms with van der Waals surface area (Å²) in [6.07, 6.45) is -0.958. The molecule has 0 fully saturated rings. The third-order valence-corrected chi connectivity index (χ3v) is 7.14. The number of pyridine rings is 1. The first-order valence-corrected chi connectivity index (χ1v) is 9.90. The van der Waals surface area contributed by atoms with E-state index in [-0.39, 0.29) is 4.90 Å². The molecule has 2 unspecified atom stereocenters. The minimum Gasteiger partial charge on any atom is -0.282 e. The van der Waals surface area contributed by atoms with Crippen LogP contribution < -0.4 is 0 Å². The average molecular weight is 406 g/mol. The second-order valence-corrected chi connectivity index (χ2v) is 8.60. The molecule has 6 nitrogen and oxygen atoms in total. The summed E-state index contributed by atoms with van der Waals surface area (Å²) in [6, 6.07) is 6.00. The minimum absolute atomic E-state index is 0.185. The Labute approximate surface area is 158 Å². The molecule has 2 bridgehead atoms. The van der Waals surface area contributed by atoms with E-state index in [1.165, 1.54) is 4.31 Å². The van der Waals surface area contributed by atoms with Crippen LogP contribution in [0, 0.1) is 0 Å². The molecule has 2 aliphatic heterocycles. The number of benzene rings is 1. The van der Waals surface area contributed by atoms with Crippen LogP contribution in [-0.4, -0.2) is 27.9 Å². The van der Waals surface area contributed by atoms with Crippen molar-refractivity contribution in [1.29, 1.82) is 0 Å². The first-order chi connectivity index (χ1) is 13.3. The highest BCUT2D eigenvalue weighted by Gasteiger charge is 2.51. The minimum atomic E-state index is -4.53. The largest absolute Gasteiger partial charge is 0.416 e. The number of rotatable bonds is 2. The molecule has 0 radical (unpaired) electrons. The maximum atomic E-state index is 13.4. The SMILES string of the molecule is O=S(=O)(c1ccc(C(F)(F)F)cc1)N1C2Cc3[nH]ncc3C1c1ncccc12. The maximum absolute atomic E-state index is 13.4. The molecule has 10 heteroatoms. The van der Waals surface area contributed by atoms with Gasteiger partial charge in [0.1, 0.15) is 0 Å². The number of halogens is 3. The fourth-order valence-corrected chi connectivity index (χ4v) is 5.76. The van der Waals surface area contributed by atoms with Crippen LogP contribution in [0.3, 0.4) is 0 Å². The Morgan fingerprint density at radius 1 is 1.11 bits per heavy atom. The summed E-state index contributed by atoms with van der Waals surface area (Å²) in [4.78, 5) is 4.20. The summed E-state index contributed by atoms with van der Waals surface area (Å²) in [6.45, 7) is 0. The number of alkyl halides is 3. The third kappa shape index (κ3) is 2.34. The molecule has 3 aromatic rings. The van der Waals surface area contributed by atoms with Crippen LogP contribution in [0.4, 0.5) is 13.2 Å². The van der Waals surface area contributed by atoms with E-state index >= 15 is 0 Å². The fourth-order valence-electron chi connectivity index (χ4n) is 4.02. The van der Waals surface area contributed by atoms with Crippen LogP contribution in [-0.2, 0) is 22.6 Å². The molecule has 2 aromatic heterocycles. The molecule has 1 aromatic carbocycles. The van der Waals surface area contributed by atoms with Crippen LogP contribution >= 0.6 is 0 Å². The monoisotopic (exact) mass is 406 g/mol. The highest BCUT2D eigenvalue weighted by molar-refractivity contribution is 7.89. The van der Waals surface area contributed by atoms with Gasteiger partial charge < -0.3 is 0 Å². The van der Waals surface area contributed by atoms with Crippen molar-refractivity contribution in [3.8, 4) is 0 Å². The molecule has 4 heterocycles. The van der Waals surface area contributed by atoms with Crippen molar-refractivity contribution in [2.75, 3.05) is 0 Å². The molecule has 0 aliphatic carbocycles. The number of hydrogen-bond donors (Lipinski definition) is 1. The van der Waals surface area contributed by atoms with E-state index in [1.807, 2.05) is 6.07 Å². The average Bonchev–Trinajstić information content (AvgIpc) is 3.23. The molecular formula is C18H13F3N4O2S. The van der Waals surface area contributed by atoms with Crippen LogP contribution in [0.15, 0.2) is 53.7 Å². The van der Waals surface area contributed by atoms with Gasteiger partial charge in [-0.2, -0.15) is 22.6 Å².